The van der Waals surface area contributed by atoms with Gasteiger partial charge in [-0.1, -0.05) is 41.6 Å². The normalized spacial score (nSPS) is 17.4. The molecule has 1 saturated heterocycles. The largest absolute Gasteiger partial charge is 0.411 e. The fourth-order valence-corrected chi connectivity index (χ4v) is 3.89. The van der Waals surface area contributed by atoms with Crippen molar-refractivity contribution in [3.63, 3.8) is 0 Å². The number of oxime groups is 1. The third-order valence-electron chi connectivity index (χ3n) is 5.49. The lowest BCUT2D eigenvalue weighted by atomic mass is 9.89. The second kappa shape index (κ2) is 7.91. The van der Waals surface area contributed by atoms with Crippen LogP contribution in [0.2, 0.25) is 0 Å². The molecule has 0 saturated carbocycles. The third kappa shape index (κ3) is 3.53. The Kier molecular flexibility index (Phi) is 5.16. The van der Waals surface area contributed by atoms with Crippen molar-refractivity contribution in [2.24, 2.45) is 5.16 Å². The highest BCUT2D eigenvalue weighted by Crippen LogP contribution is 2.31. The van der Waals surface area contributed by atoms with Crippen molar-refractivity contribution in [1.29, 1.82) is 0 Å². The lowest BCUT2D eigenvalue weighted by molar-refractivity contribution is 0.0935. The molecule has 4 rings (SSSR count). The minimum absolute atomic E-state index is 0.107. The van der Waals surface area contributed by atoms with Crippen LogP contribution in [0.4, 0.5) is 5.69 Å². The molecule has 1 aliphatic carbocycles. The molecule has 2 aliphatic rings. The van der Waals surface area contributed by atoms with Gasteiger partial charge in [0, 0.05) is 29.9 Å². The molecule has 0 unspecified atom stereocenters. The van der Waals surface area contributed by atoms with Crippen molar-refractivity contribution >= 4 is 23.0 Å². The first kappa shape index (κ1) is 18.9. The predicted molar refractivity (Wildman–Crippen MR) is 112 cm³/mol. The van der Waals surface area contributed by atoms with E-state index >= 15 is 0 Å². The Morgan fingerprint density at radius 2 is 1.55 bits per heavy atom. The number of carbonyl (C=O) groups is 2. The van der Waals surface area contributed by atoms with Crippen molar-refractivity contribution in [3.8, 4) is 0 Å². The second-order valence-corrected chi connectivity index (χ2v) is 7.36. The predicted octanol–water partition coefficient (Wildman–Crippen LogP) is 4.07. The molecule has 29 heavy (non-hydrogen) atoms. The summed E-state index contributed by atoms with van der Waals surface area (Å²) in [6.07, 6.45) is 3.15. The van der Waals surface area contributed by atoms with Gasteiger partial charge in [0.05, 0.1) is 5.71 Å². The number of Topliss-reactive ketones (excluding diaryl/α,β-unsaturated/α-hetero) is 2. The van der Waals surface area contributed by atoms with Gasteiger partial charge in [-0.2, -0.15) is 0 Å². The Bertz CT molecular complexity index is 1020. The van der Waals surface area contributed by atoms with Crippen LogP contribution in [0.15, 0.2) is 65.1 Å². The standard InChI is InChI=1S/C23H23N3O3/c1-15(25-29)16-9-11-17(12-10-16)24-20-21(26-13-5-2-6-14-26)23(28)19-8-4-3-7-18(19)22(20)27/h3-4,7-12,24,29H,2,5-6,13-14H2,1H3/b25-15-. The first-order chi connectivity index (χ1) is 14.1. The average molecular weight is 389 g/mol. The zero-order valence-corrected chi connectivity index (χ0v) is 16.3. The smallest absolute Gasteiger partial charge is 0.212 e. The highest BCUT2D eigenvalue weighted by Gasteiger charge is 2.35. The van der Waals surface area contributed by atoms with Crippen LogP contribution in [-0.4, -0.2) is 40.5 Å². The van der Waals surface area contributed by atoms with Gasteiger partial charge in [-0.05, 0) is 43.9 Å². The first-order valence-electron chi connectivity index (χ1n) is 9.84. The molecular weight excluding hydrogens is 366 g/mol. The molecule has 148 valence electrons. The number of nitrogens with one attached hydrogen (secondary N) is 1. The van der Waals surface area contributed by atoms with Gasteiger partial charge in [-0.3, -0.25) is 9.59 Å². The third-order valence-corrected chi connectivity index (χ3v) is 5.49. The summed E-state index contributed by atoms with van der Waals surface area (Å²) in [5.74, 6) is -0.276. The summed E-state index contributed by atoms with van der Waals surface area (Å²) >= 11 is 0. The highest BCUT2D eigenvalue weighted by atomic mass is 16.4. The van der Waals surface area contributed by atoms with Gasteiger partial charge in [0.1, 0.15) is 11.4 Å². The maximum atomic E-state index is 13.3. The number of nitrogens with zero attached hydrogens (tertiary/aromatic N) is 2. The molecule has 2 aromatic rings. The molecule has 0 atom stereocenters. The number of benzene rings is 2. The molecule has 0 amide bonds. The van der Waals surface area contributed by atoms with Gasteiger partial charge >= 0.3 is 0 Å². The van der Waals surface area contributed by atoms with Crippen LogP contribution in [-0.2, 0) is 0 Å². The summed E-state index contributed by atoms with van der Waals surface area (Å²) in [6, 6.07) is 14.2. The van der Waals surface area contributed by atoms with E-state index in [1.165, 1.54) is 0 Å². The van der Waals surface area contributed by atoms with Crippen LogP contribution in [0.3, 0.4) is 0 Å². The minimum atomic E-state index is -0.169. The summed E-state index contributed by atoms with van der Waals surface area (Å²) in [7, 11) is 0. The zero-order chi connectivity index (χ0) is 20.4. The van der Waals surface area contributed by atoms with Crippen LogP contribution in [0.25, 0.3) is 0 Å². The lowest BCUT2D eigenvalue weighted by Gasteiger charge is -2.34. The molecule has 0 radical (unpaired) electrons. The summed E-state index contributed by atoms with van der Waals surface area (Å²) in [5, 5.41) is 15.3. The Labute approximate surface area is 169 Å². The molecule has 2 N–H and O–H groups in total. The monoisotopic (exact) mass is 389 g/mol. The van der Waals surface area contributed by atoms with E-state index in [1.807, 2.05) is 29.2 Å². The first-order valence-corrected chi connectivity index (χ1v) is 9.84. The van der Waals surface area contributed by atoms with E-state index in [9.17, 15) is 9.59 Å². The molecule has 6 nitrogen and oxygen atoms in total. The van der Waals surface area contributed by atoms with Crippen molar-refractivity contribution in [2.45, 2.75) is 26.2 Å². The average Bonchev–Trinajstić information content (AvgIpc) is 2.78. The number of ketones is 2. The van der Waals surface area contributed by atoms with E-state index in [2.05, 4.69) is 10.5 Å². The molecule has 0 bridgehead atoms. The minimum Gasteiger partial charge on any atom is -0.411 e. The van der Waals surface area contributed by atoms with Crippen LogP contribution in [0.5, 0.6) is 0 Å². The number of hydrogen-bond donors (Lipinski definition) is 2. The highest BCUT2D eigenvalue weighted by molar-refractivity contribution is 6.27. The van der Waals surface area contributed by atoms with Crippen LogP contribution < -0.4 is 5.32 Å². The van der Waals surface area contributed by atoms with E-state index in [4.69, 9.17) is 5.21 Å². The molecule has 0 aromatic heterocycles. The van der Waals surface area contributed by atoms with Gasteiger partial charge in [0.15, 0.2) is 0 Å². The van der Waals surface area contributed by atoms with Gasteiger partial charge in [-0.25, -0.2) is 0 Å². The van der Waals surface area contributed by atoms with E-state index < -0.39 is 0 Å². The number of allylic oxidation sites excluding steroid dienone is 2. The van der Waals surface area contributed by atoms with Gasteiger partial charge in [0.25, 0.3) is 0 Å². The fraction of sp³-hybridized carbons (Fsp3) is 0.261. The number of hydrogen-bond acceptors (Lipinski definition) is 6. The topological polar surface area (TPSA) is 82.0 Å². The maximum Gasteiger partial charge on any atom is 0.212 e. The fourth-order valence-electron chi connectivity index (χ4n) is 3.89. The van der Waals surface area contributed by atoms with Gasteiger partial charge in [-0.15, -0.1) is 0 Å². The van der Waals surface area contributed by atoms with Crippen molar-refractivity contribution in [3.05, 3.63) is 76.6 Å². The van der Waals surface area contributed by atoms with Crippen molar-refractivity contribution in [1.82, 2.24) is 4.90 Å². The number of carbonyl (C=O) groups excluding carboxylic acids is 2. The van der Waals surface area contributed by atoms with Crippen LogP contribution >= 0.6 is 0 Å². The summed E-state index contributed by atoms with van der Waals surface area (Å²) < 4.78 is 0. The summed E-state index contributed by atoms with van der Waals surface area (Å²) in [5.41, 5.74) is 3.67. The maximum absolute atomic E-state index is 13.3. The summed E-state index contributed by atoms with van der Waals surface area (Å²) in [6.45, 7) is 3.25. The molecule has 1 aliphatic heterocycles. The van der Waals surface area contributed by atoms with E-state index in [1.54, 1.807) is 31.2 Å². The Hall–Kier alpha value is -3.41. The van der Waals surface area contributed by atoms with Crippen molar-refractivity contribution in [2.75, 3.05) is 18.4 Å². The molecule has 0 spiro atoms. The molecule has 2 aromatic carbocycles. The molecule has 6 heteroatoms. The Morgan fingerprint density at radius 1 is 0.931 bits per heavy atom. The number of rotatable bonds is 4. The SMILES string of the molecule is C/C(=N/O)c1ccc(NC2=C(N3CCCCC3)C(=O)c3ccccc3C2=O)cc1. The number of fused-ring (bicyclic) bond motifs is 1. The molecule has 1 fully saturated rings. The Balaban J connectivity index is 1.75. The Morgan fingerprint density at radius 3 is 2.17 bits per heavy atom. The summed E-state index contributed by atoms with van der Waals surface area (Å²) in [4.78, 5) is 28.6. The van der Waals surface area contributed by atoms with E-state index in [0.717, 1.165) is 37.9 Å². The van der Waals surface area contributed by atoms with Crippen molar-refractivity contribution < 1.29 is 14.8 Å². The molecule has 1 heterocycles. The molecular formula is C23H23N3O3. The zero-order valence-electron chi connectivity index (χ0n) is 16.3. The number of anilines is 1. The van der Waals surface area contributed by atoms with E-state index in [-0.39, 0.29) is 11.6 Å². The lowest BCUT2D eigenvalue weighted by Crippen LogP contribution is -2.39. The number of likely N-dealkylation sites (tertiary alicyclic amines) is 1. The van der Waals surface area contributed by atoms with Gasteiger partial charge in [0.2, 0.25) is 11.6 Å². The van der Waals surface area contributed by atoms with Crippen LogP contribution in [0, 0.1) is 0 Å². The van der Waals surface area contributed by atoms with Gasteiger partial charge < -0.3 is 15.4 Å². The van der Waals surface area contributed by atoms with Crippen LogP contribution in [0.1, 0.15) is 52.5 Å². The quantitative estimate of drug-likeness (QED) is 0.468. The second-order valence-electron chi connectivity index (χ2n) is 7.36. The van der Waals surface area contributed by atoms with E-state index in [0.29, 0.717) is 33.9 Å². The number of piperidine rings is 1.